The SMILES string of the molecule is CC(C)CCCCCSC(=S)C(C)(C)O.[Sn]. The quantitative estimate of drug-likeness (QED) is 0.422. The van der Waals surface area contributed by atoms with Crippen molar-refractivity contribution in [3.63, 3.8) is 0 Å². The standard InChI is InChI=1S/C12H24OS2.Sn/c1-10(2)8-6-5-7-9-15-11(14)12(3,4)13;/h10,13H,5-9H2,1-4H3;. The monoisotopic (exact) mass is 368 g/mol. The van der Waals surface area contributed by atoms with Crippen molar-refractivity contribution in [2.24, 2.45) is 5.92 Å². The van der Waals surface area contributed by atoms with Gasteiger partial charge in [-0.3, -0.25) is 0 Å². The zero-order valence-corrected chi connectivity index (χ0v) is 15.4. The van der Waals surface area contributed by atoms with Gasteiger partial charge in [-0.1, -0.05) is 45.3 Å². The van der Waals surface area contributed by atoms with Crippen molar-refractivity contribution < 1.29 is 5.11 Å². The van der Waals surface area contributed by atoms with Crippen LogP contribution in [-0.4, -0.2) is 44.6 Å². The van der Waals surface area contributed by atoms with Crippen LogP contribution >= 0.6 is 24.0 Å². The molecular weight excluding hydrogens is 343 g/mol. The minimum absolute atomic E-state index is 0. The number of hydrogen-bond donors (Lipinski definition) is 1. The topological polar surface area (TPSA) is 20.2 Å². The Morgan fingerprint density at radius 1 is 1.25 bits per heavy atom. The van der Waals surface area contributed by atoms with Crippen LogP contribution in [-0.2, 0) is 0 Å². The van der Waals surface area contributed by atoms with E-state index in [0.717, 1.165) is 11.7 Å². The zero-order valence-electron chi connectivity index (χ0n) is 10.9. The predicted molar refractivity (Wildman–Crippen MR) is 80.4 cm³/mol. The van der Waals surface area contributed by atoms with Crippen LogP contribution in [0.15, 0.2) is 0 Å². The average Bonchev–Trinajstić information content (AvgIpc) is 2.08. The minimum atomic E-state index is -0.808. The Hall–Kier alpha value is 1.20. The van der Waals surface area contributed by atoms with E-state index in [1.54, 1.807) is 25.6 Å². The molecule has 0 aliphatic heterocycles. The van der Waals surface area contributed by atoms with Crippen LogP contribution in [0.2, 0.25) is 0 Å². The molecule has 0 rings (SSSR count). The summed E-state index contributed by atoms with van der Waals surface area (Å²) in [6, 6.07) is 0. The Morgan fingerprint density at radius 2 is 1.81 bits per heavy atom. The summed E-state index contributed by atoms with van der Waals surface area (Å²) in [5.41, 5.74) is -0.808. The maximum atomic E-state index is 9.60. The molecule has 0 aliphatic rings. The van der Waals surface area contributed by atoms with Gasteiger partial charge in [0.25, 0.3) is 0 Å². The number of thiocarbonyl (C=S) groups is 1. The van der Waals surface area contributed by atoms with Crippen molar-refractivity contribution in [1.29, 1.82) is 0 Å². The van der Waals surface area contributed by atoms with Crippen LogP contribution < -0.4 is 0 Å². The third-order valence-electron chi connectivity index (χ3n) is 2.16. The second-order valence-electron chi connectivity index (χ2n) is 4.94. The number of thioether (sulfide) groups is 1. The predicted octanol–water partition coefficient (Wildman–Crippen LogP) is 3.65. The fourth-order valence-electron chi connectivity index (χ4n) is 1.17. The van der Waals surface area contributed by atoms with E-state index in [2.05, 4.69) is 13.8 Å². The van der Waals surface area contributed by atoms with Crippen LogP contribution in [0, 0.1) is 5.92 Å². The third kappa shape index (κ3) is 11.7. The first-order valence-electron chi connectivity index (χ1n) is 5.73. The Labute approximate surface area is 127 Å². The van der Waals surface area contributed by atoms with E-state index >= 15 is 0 Å². The number of hydrogen-bond acceptors (Lipinski definition) is 3. The molecule has 0 aromatic rings. The van der Waals surface area contributed by atoms with Gasteiger partial charge < -0.3 is 5.11 Å². The second-order valence-corrected chi connectivity index (χ2v) is 6.71. The van der Waals surface area contributed by atoms with E-state index < -0.39 is 5.60 Å². The molecule has 0 bridgehead atoms. The van der Waals surface area contributed by atoms with E-state index in [0.29, 0.717) is 4.20 Å². The second kappa shape index (κ2) is 10.2. The maximum absolute atomic E-state index is 9.60. The van der Waals surface area contributed by atoms with E-state index in [9.17, 15) is 5.11 Å². The number of unbranched alkanes of at least 4 members (excludes halogenated alkanes) is 2. The van der Waals surface area contributed by atoms with Crippen LogP contribution in [0.25, 0.3) is 0 Å². The summed E-state index contributed by atoms with van der Waals surface area (Å²) < 4.78 is 0.714. The minimum Gasteiger partial charge on any atom is -0.384 e. The molecule has 0 unspecified atom stereocenters. The Balaban J connectivity index is 0. The van der Waals surface area contributed by atoms with E-state index in [1.165, 1.54) is 25.7 Å². The van der Waals surface area contributed by atoms with Crippen LogP contribution in [0.1, 0.15) is 53.4 Å². The van der Waals surface area contributed by atoms with Gasteiger partial charge in [0.2, 0.25) is 0 Å². The molecule has 0 aromatic heterocycles. The molecule has 1 nitrogen and oxygen atoms in total. The molecule has 0 saturated heterocycles. The molecule has 4 heteroatoms. The maximum Gasteiger partial charge on any atom is 0.0999 e. The molecule has 0 amide bonds. The number of aliphatic hydroxyl groups is 1. The first kappa shape index (κ1) is 19.5. The van der Waals surface area contributed by atoms with Crippen molar-refractivity contribution in [2.45, 2.75) is 59.0 Å². The molecule has 16 heavy (non-hydrogen) atoms. The molecule has 0 spiro atoms. The molecular formula is C12H24OS2Sn. The van der Waals surface area contributed by atoms with Crippen molar-refractivity contribution in [3.8, 4) is 0 Å². The average molecular weight is 367 g/mol. The molecule has 0 heterocycles. The van der Waals surface area contributed by atoms with Gasteiger partial charge in [0.15, 0.2) is 0 Å². The van der Waals surface area contributed by atoms with E-state index in [4.69, 9.17) is 12.2 Å². The molecule has 4 radical (unpaired) electrons. The zero-order chi connectivity index (χ0) is 11.9. The van der Waals surface area contributed by atoms with E-state index in [-0.39, 0.29) is 23.9 Å². The summed E-state index contributed by atoms with van der Waals surface area (Å²) in [7, 11) is 0. The smallest absolute Gasteiger partial charge is 0.0999 e. The van der Waals surface area contributed by atoms with Crippen molar-refractivity contribution in [1.82, 2.24) is 0 Å². The van der Waals surface area contributed by atoms with Crippen molar-refractivity contribution >= 4 is 52.1 Å². The molecule has 0 atom stereocenters. The van der Waals surface area contributed by atoms with E-state index in [1.807, 2.05) is 0 Å². The first-order chi connectivity index (χ1) is 6.84. The summed E-state index contributed by atoms with van der Waals surface area (Å²) in [4.78, 5) is 0. The molecule has 0 aliphatic carbocycles. The number of rotatable bonds is 7. The molecule has 94 valence electrons. The third-order valence-corrected chi connectivity index (χ3v) is 4.27. The summed E-state index contributed by atoms with van der Waals surface area (Å²) in [6.45, 7) is 8.03. The van der Waals surface area contributed by atoms with Crippen molar-refractivity contribution in [3.05, 3.63) is 0 Å². The molecule has 0 fully saturated rings. The van der Waals surface area contributed by atoms with Gasteiger partial charge in [-0.15, -0.1) is 11.8 Å². The fraction of sp³-hybridized carbons (Fsp3) is 0.917. The van der Waals surface area contributed by atoms with Crippen molar-refractivity contribution in [2.75, 3.05) is 5.75 Å². The Bertz CT molecular complexity index is 188. The van der Waals surface area contributed by atoms with Gasteiger partial charge >= 0.3 is 0 Å². The van der Waals surface area contributed by atoms with Gasteiger partial charge in [0, 0.05) is 23.9 Å². The van der Waals surface area contributed by atoms with Crippen LogP contribution in [0.5, 0.6) is 0 Å². The van der Waals surface area contributed by atoms with Crippen LogP contribution in [0.4, 0.5) is 0 Å². The summed E-state index contributed by atoms with van der Waals surface area (Å²) in [5, 5.41) is 9.60. The van der Waals surface area contributed by atoms with Gasteiger partial charge in [-0.05, 0) is 31.9 Å². The summed E-state index contributed by atoms with van der Waals surface area (Å²) in [6.07, 6.45) is 5.11. The molecule has 0 aromatic carbocycles. The Kier molecular flexibility index (Phi) is 12.4. The Morgan fingerprint density at radius 3 is 2.25 bits per heavy atom. The summed E-state index contributed by atoms with van der Waals surface area (Å²) >= 11 is 6.75. The summed E-state index contributed by atoms with van der Waals surface area (Å²) in [5.74, 6) is 1.86. The normalized spacial score (nSPS) is 11.4. The first-order valence-corrected chi connectivity index (χ1v) is 7.13. The van der Waals surface area contributed by atoms with Crippen LogP contribution in [0.3, 0.4) is 0 Å². The molecule has 0 saturated carbocycles. The fourth-order valence-corrected chi connectivity index (χ4v) is 2.31. The van der Waals surface area contributed by atoms with Gasteiger partial charge in [-0.25, -0.2) is 0 Å². The van der Waals surface area contributed by atoms with Gasteiger partial charge in [-0.2, -0.15) is 0 Å². The largest absolute Gasteiger partial charge is 0.384 e. The van der Waals surface area contributed by atoms with Gasteiger partial charge in [0.05, 0.1) is 9.80 Å². The molecule has 1 N–H and O–H groups in total. The van der Waals surface area contributed by atoms with Gasteiger partial charge in [0.1, 0.15) is 0 Å².